The Morgan fingerprint density at radius 3 is 2.62 bits per heavy atom. The second-order valence-corrected chi connectivity index (χ2v) is 5.72. The summed E-state index contributed by atoms with van der Waals surface area (Å²) in [5.41, 5.74) is 9.92. The number of aromatic nitrogens is 3. The predicted octanol–water partition coefficient (Wildman–Crippen LogP) is 4.23. The first-order valence-electron chi connectivity index (χ1n) is 7.95. The van der Waals surface area contributed by atoms with Gasteiger partial charge in [-0.15, -0.1) is 0 Å². The van der Waals surface area contributed by atoms with Crippen LogP contribution in [0.3, 0.4) is 0 Å². The topological polar surface area (TPSA) is 70.3 Å². The van der Waals surface area contributed by atoms with E-state index in [1.54, 1.807) is 13.3 Å². The van der Waals surface area contributed by atoms with Gasteiger partial charge in [-0.3, -0.25) is 0 Å². The van der Waals surface area contributed by atoms with Crippen molar-refractivity contribution in [2.75, 3.05) is 12.8 Å². The van der Waals surface area contributed by atoms with E-state index >= 15 is 0 Å². The van der Waals surface area contributed by atoms with Crippen LogP contribution in [0.5, 0.6) is 5.75 Å². The Labute approximate surface area is 150 Å². The van der Waals surface area contributed by atoms with Gasteiger partial charge < -0.3 is 15.0 Å². The number of hydrogen-bond donors (Lipinski definition) is 1. The molecule has 2 heterocycles. The lowest BCUT2D eigenvalue weighted by atomic mass is 10.1. The fraction of sp³-hybridized carbons (Fsp3) is 0.0500. The standard InChI is InChI=1S/C20H15N5O/c1-22-13-3-8-19-16(11-13)17(18-9-10-23-20(21)24-18)12-25(19)14-4-6-15(26-2)7-5-14/h3-12H,2H3,(H2,21,23,24). The van der Waals surface area contributed by atoms with Crippen molar-refractivity contribution in [1.29, 1.82) is 0 Å². The van der Waals surface area contributed by atoms with Crippen molar-refractivity contribution in [3.05, 3.63) is 72.3 Å². The number of ether oxygens (including phenoxy) is 1. The van der Waals surface area contributed by atoms with Gasteiger partial charge in [0.15, 0.2) is 5.69 Å². The number of benzene rings is 2. The van der Waals surface area contributed by atoms with Crippen LogP contribution in [0.2, 0.25) is 0 Å². The molecule has 0 bridgehead atoms. The lowest BCUT2D eigenvalue weighted by molar-refractivity contribution is 0.415. The summed E-state index contributed by atoms with van der Waals surface area (Å²) in [5.74, 6) is 1.01. The summed E-state index contributed by atoms with van der Waals surface area (Å²) < 4.78 is 7.30. The van der Waals surface area contributed by atoms with E-state index in [1.165, 1.54) is 0 Å². The average molecular weight is 341 g/mol. The molecule has 0 unspecified atom stereocenters. The van der Waals surface area contributed by atoms with Gasteiger partial charge >= 0.3 is 0 Å². The van der Waals surface area contributed by atoms with E-state index in [9.17, 15) is 0 Å². The third-order valence-electron chi connectivity index (χ3n) is 4.22. The molecule has 0 fully saturated rings. The van der Waals surface area contributed by atoms with E-state index in [2.05, 4.69) is 19.4 Å². The van der Waals surface area contributed by atoms with Gasteiger partial charge in [0.2, 0.25) is 5.95 Å². The number of methoxy groups -OCH3 is 1. The summed E-state index contributed by atoms with van der Waals surface area (Å²) in [5, 5.41) is 0.937. The highest BCUT2D eigenvalue weighted by Gasteiger charge is 2.14. The molecule has 0 saturated carbocycles. The Hall–Kier alpha value is -3.85. The number of hydrogen-bond acceptors (Lipinski definition) is 4. The Bertz CT molecular complexity index is 1140. The highest BCUT2D eigenvalue weighted by molar-refractivity contribution is 5.98. The Morgan fingerprint density at radius 2 is 1.92 bits per heavy atom. The third kappa shape index (κ3) is 2.62. The number of nitrogens with two attached hydrogens (primary N) is 1. The number of fused-ring (bicyclic) bond motifs is 1. The number of nitrogens with zero attached hydrogens (tertiary/aromatic N) is 4. The molecule has 0 atom stereocenters. The first-order chi connectivity index (χ1) is 12.7. The second-order valence-electron chi connectivity index (χ2n) is 5.72. The summed E-state index contributed by atoms with van der Waals surface area (Å²) in [6, 6.07) is 15.2. The molecule has 0 spiro atoms. The summed E-state index contributed by atoms with van der Waals surface area (Å²) in [7, 11) is 1.64. The van der Waals surface area contributed by atoms with Gasteiger partial charge in [-0.25, -0.2) is 14.8 Å². The Morgan fingerprint density at radius 1 is 1.12 bits per heavy atom. The van der Waals surface area contributed by atoms with Crippen molar-refractivity contribution in [3.8, 4) is 22.7 Å². The number of nitrogen functional groups attached to an aromatic ring is 1. The largest absolute Gasteiger partial charge is 0.497 e. The SMILES string of the molecule is [C-]#[N+]c1ccc2c(c1)c(-c1ccnc(N)n1)cn2-c1ccc(OC)cc1. The smallest absolute Gasteiger partial charge is 0.220 e. The molecule has 2 N–H and O–H groups in total. The van der Waals surface area contributed by atoms with Crippen LogP contribution in [-0.4, -0.2) is 21.6 Å². The fourth-order valence-corrected chi connectivity index (χ4v) is 2.97. The van der Waals surface area contributed by atoms with Gasteiger partial charge in [-0.1, -0.05) is 6.07 Å². The van der Waals surface area contributed by atoms with Crippen LogP contribution in [0.1, 0.15) is 0 Å². The van der Waals surface area contributed by atoms with E-state index < -0.39 is 0 Å². The molecule has 0 aliphatic heterocycles. The summed E-state index contributed by atoms with van der Waals surface area (Å²) in [6.45, 7) is 7.30. The van der Waals surface area contributed by atoms with E-state index in [0.29, 0.717) is 5.69 Å². The fourth-order valence-electron chi connectivity index (χ4n) is 2.97. The van der Waals surface area contributed by atoms with Gasteiger partial charge in [0.25, 0.3) is 0 Å². The van der Waals surface area contributed by atoms with Gasteiger partial charge in [-0.05, 0) is 47.9 Å². The molecule has 126 valence electrons. The van der Waals surface area contributed by atoms with Gasteiger partial charge in [0, 0.05) is 23.6 Å². The lowest BCUT2D eigenvalue weighted by Crippen LogP contribution is -1.95. The molecule has 4 aromatic rings. The molecule has 2 aromatic carbocycles. The Kier molecular flexibility index (Phi) is 3.75. The number of rotatable bonds is 3. The first-order valence-corrected chi connectivity index (χ1v) is 7.95. The molecule has 26 heavy (non-hydrogen) atoms. The molecule has 4 rings (SSSR count). The van der Waals surface area contributed by atoms with Crippen LogP contribution < -0.4 is 10.5 Å². The summed E-state index contributed by atoms with van der Waals surface area (Å²) in [6.07, 6.45) is 3.63. The zero-order valence-electron chi connectivity index (χ0n) is 14.0. The molecule has 0 aliphatic carbocycles. The Balaban J connectivity index is 1.98. The highest BCUT2D eigenvalue weighted by atomic mass is 16.5. The van der Waals surface area contributed by atoms with Crippen LogP contribution in [0.25, 0.3) is 32.7 Å². The van der Waals surface area contributed by atoms with Crippen LogP contribution in [0.15, 0.2) is 60.9 Å². The number of anilines is 1. The molecule has 0 saturated heterocycles. The second kappa shape index (κ2) is 6.22. The maximum atomic E-state index is 7.30. The van der Waals surface area contributed by atoms with Crippen molar-refractivity contribution in [2.24, 2.45) is 0 Å². The zero-order valence-corrected chi connectivity index (χ0v) is 14.0. The normalized spacial score (nSPS) is 10.6. The van der Waals surface area contributed by atoms with Crippen molar-refractivity contribution in [3.63, 3.8) is 0 Å². The monoisotopic (exact) mass is 341 g/mol. The zero-order chi connectivity index (χ0) is 18.1. The molecular formula is C20H15N5O. The van der Waals surface area contributed by atoms with Crippen LogP contribution in [0, 0.1) is 6.57 Å². The molecule has 2 aromatic heterocycles. The first kappa shape index (κ1) is 15.7. The molecule has 0 radical (unpaired) electrons. The maximum Gasteiger partial charge on any atom is 0.220 e. The van der Waals surface area contributed by atoms with Crippen molar-refractivity contribution in [1.82, 2.24) is 14.5 Å². The molecule has 6 nitrogen and oxygen atoms in total. The maximum absolute atomic E-state index is 7.30. The van der Waals surface area contributed by atoms with Crippen LogP contribution in [0.4, 0.5) is 11.6 Å². The van der Waals surface area contributed by atoms with E-state index in [-0.39, 0.29) is 5.95 Å². The minimum absolute atomic E-state index is 0.217. The van der Waals surface area contributed by atoms with Gasteiger partial charge in [0.1, 0.15) is 5.75 Å². The van der Waals surface area contributed by atoms with Crippen LogP contribution >= 0.6 is 0 Å². The van der Waals surface area contributed by atoms with E-state index in [1.807, 2.05) is 54.7 Å². The van der Waals surface area contributed by atoms with E-state index in [0.717, 1.165) is 33.6 Å². The van der Waals surface area contributed by atoms with Crippen molar-refractivity contribution in [2.45, 2.75) is 0 Å². The van der Waals surface area contributed by atoms with Crippen LogP contribution in [-0.2, 0) is 0 Å². The molecular weight excluding hydrogens is 326 g/mol. The minimum Gasteiger partial charge on any atom is -0.497 e. The predicted molar refractivity (Wildman–Crippen MR) is 102 cm³/mol. The molecule has 0 amide bonds. The van der Waals surface area contributed by atoms with Crippen molar-refractivity contribution >= 4 is 22.5 Å². The molecule has 6 heteroatoms. The highest BCUT2D eigenvalue weighted by Crippen LogP contribution is 2.34. The van der Waals surface area contributed by atoms with Crippen molar-refractivity contribution < 1.29 is 4.74 Å². The average Bonchev–Trinajstić information content (AvgIpc) is 3.06. The van der Waals surface area contributed by atoms with E-state index in [4.69, 9.17) is 17.0 Å². The summed E-state index contributed by atoms with van der Waals surface area (Å²) >= 11 is 0. The summed E-state index contributed by atoms with van der Waals surface area (Å²) in [4.78, 5) is 11.8. The van der Waals surface area contributed by atoms with Gasteiger partial charge in [0.05, 0.1) is 24.9 Å². The van der Waals surface area contributed by atoms with Gasteiger partial charge in [-0.2, -0.15) is 0 Å². The minimum atomic E-state index is 0.217. The third-order valence-corrected chi connectivity index (χ3v) is 4.22. The quantitative estimate of drug-likeness (QED) is 0.566. The molecule has 0 aliphatic rings. The lowest BCUT2D eigenvalue weighted by Gasteiger charge is -2.06.